The van der Waals surface area contributed by atoms with Gasteiger partial charge < -0.3 is 20.3 Å². The Morgan fingerprint density at radius 1 is 1.22 bits per heavy atom. The molecule has 0 fully saturated rings. The van der Waals surface area contributed by atoms with Gasteiger partial charge in [-0.2, -0.15) is 0 Å². The number of nitrogens with zero attached hydrogens (tertiary/aromatic N) is 1. The van der Waals surface area contributed by atoms with Crippen LogP contribution < -0.4 is 20.3 Å². The van der Waals surface area contributed by atoms with E-state index in [0.29, 0.717) is 18.0 Å². The predicted molar refractivity (Wildman–Crippen MR) is 85.2 cm³/mol. The quantitative estimate of drug-likeness (QED) is 0.763. The highest BCUT2D eigenvalue weighted by atomic mass is 16.5. The van der Waals surface area contributed by atoms with Gasteiger partial charge in [0.2, 0.25) is 11.8 Å². The van der Waals surface area contributed by atoms with E-state index in [9.17, 15) is 14.4 Å². The fourth-order valence-electron chi connectivity index (χ4n) is 2.21. The van der Waals surface area contributed by atoms with Crippen molar-refractivity contribution in [3.05, 3.63) is 24.3 Å². The summed E-state index contributed by atoms with van der Waals surface area (Å²) in [6, 6.07) is 7.20. The summed E-state index contributed by atoms with van der Waals surface area (Å²) < 4.78 is 5.34. The summed E-state index contributed by atoms with van der Waals surface area (Å²) in [4.78, 5) is 36.7. The van der Waals surface area contributed by atoms with Gasteiger partial charge in [0.05, 0.1) is 12.2 Å². The van der Waals surface area contributed by atoms with Crippen molar-refractivity contribution in [1.29, 1.82) is 0 Å². The maximum absolute atomic E-state index is 12.0. The molecule has 0 saturated carbocycles. The van der Waals surface area contributed by atoms with Crippen molar-refractivity contribution in [1.82, 2.24) is 10.6 Å². The van der Waals surface area contributed by atoms with Crippen molar-refractivity contribution in [2.75, 3.05) is 31.1 Å². The second-order valence-corrected chi connectivity index (χ2v) is 5.18. The average molecular weight is 319 g/mol. The molecule has 0 atom stereocenters. The molecule has 0 saturated heterocycles. The molecule has 1 heterocycles. The predicted octanol–water partition coefficient (Wildman–Crippen LogP) is 0.445. The van der Waals surface area contributed by atoms with Gasteiger partial charge >= 0.3 is 0 Å². The Morgan fingerprint density at radius 3 is 2.78 bits per heavy atom. The maximum Gasteiger partial charge on any atom is 0.265 e. The van der Waals surface area contributed by atoms with E-state index in [2.05, 4.69) is 10.6 Å². The summed E-state index contributed by atoms with van der Waals surface area (Å²) >= 11 is 0. The molecule has 1 aliphatic heterocycles. The van der Waals surface area contributed by atoms with E-state index in [-0.39, 0.29) is 43.8 Å². The Kier molecular flexibility index (Phi) is 5.96. The Morgan fingerprint density at radius 2 is 2.00 bits per heavy atom. The third kappa shape index (κ3) is 4.70. The summed E-state index contributed by atoms with van der Waals surface area (Å²) in [6.07, 6.45) is 0.972. The minimum absolute atomic E-state index is 0.0297. The van der Waals surface area contributed by atoms with Gasteiger partial charge in [-0.3, -0.25) is 14.4 Å². The van der Waals surface area contributed by atoms with Crippen LogP contribution in [0.1, 0.15) is 19.8 Å². The minimum atomic E-state index is -0.270. The number of ether oxygens (including phenoxy) is 1. The van der Waals surface area contributed by atoms with Crippen molar-refractivity contribution >= 4 is 23.4 Å². The van der Waals surface area contributed by atoms with Crippen molar-refractivity contribution in [2.45, 2.75) is 19.8 Å². The molecule has 124 valence electrons. The lowest BCUT2D eigenvalue weighted by molar-refractivity contribution is -0.126. The number of hydrogen-bond donors (Lipinski definition) is 2. The fraction of sp³-hybridized carbons (Fsp3) is 0.438. The van der Waals surface area contributed by atoms with Crippen LogP contribution in [0.25, 0.3) is 0 Å². The Bertz CT molecular complexity index is 588. The molecule has 2 rings (SSSR count). The van der Waals surface area contributed by atoms with Gasteiger partial charge in [0.1, 0.15) is 5.75 Å². The normalized spacial score (nSPS) is 13.1. The number of carbonyl (C=O) groups excluding carboxylic acids is 3. The SMILES string of the molecule is CCCNC(=O)CNC(=O)CCN1C(=O)COc2ccccc21. The van der Waals surface area contributed by atoms with Gasteiger partial charge in [-0.25, -0.2) is 0 Å². The molecule has 1 aromatic carbocycles. The molecule has 7 heteroatoms. The van der Waals surface area contributed by atoms with Gasteiger partial charge in [0, 0.05) is 19.5 Å². The second-order valence-electron chi connectivity index (χ2n) is 5.18. The lowest BCUT2D eigenvalue weighted by atomic mass is 10.2. The van der Waals surface area contributed by atoms with E-state index in [0.717, 1.165) is 6.42 Å². The zero-order valence-corrected chi connectivity index (χ0v) is 13.1. The van der Waals surface area contributed by atoms with Crippen molar-refractivity contribution in [2.24, 2.45) is 0 Å². The molecule has 2 N–H and O–H groups in total. The van der Waals surface area contributed by atoms with Crippen molar-refractivity contribution in [3.8, 4) is 5.75 Å². The first-order valence-corrected chi connectivity index (χ1v) is 7.67. The molecule has 1 aliphatic rings. The van der Waals surface area contributed by atoms with E-state index >= 15 is 0 Å². The zero-order chi connectivity index (χ0) is 16.7. The standard InChI is InChI=1S/C16H21N3O4/c1-2-8-17-15(21)10-18-14(20)7-9-19-12-5-3-4-6-13(12)23-11-16(19)22/h3-6H,2,7-11H2,1H3,(H,17,21)(H,18,20). The number of nitrogens with one attached hydrogen (secondary N) is 2. The molecular weight excluding hydrogens is 298 g/mol. The van der Waals surface area contributed by atoms with E-state index < -0.39 is 0 Å². The Labute approximate surface area is 135 Å². The highest BCUT2D eigenvalue weighted by molar-refractivity contribution is 5.98. The van der Waals surface area contributed by atoms with Crippen LogP contribution >= 0.6 is 0 Å². The van der Waals surface area contributed by atoms with Crippen molar-refractivity contribution < 1.29 is 19.1 Å². The molecule has 0 spiro atoms. The third-order valence-electron chi connectivity index (χ3n) is 3.39. The molecule has 0 bridgehead atoms. The zero-order valence-electron chi connectivity index (χ0n) is 13.1. The molecule has 7 nitrogen and oxygen atoms in total. The van der Waals surface area contributed by atoms with Gasteiger partial charge in [-0.05, 0) is 18.6 Å². The summed E-state index contributed by atoms with van der Waals surface area (Å²) in [7, 11) is 0. The van der Waals surface area contributed by atoms with E-state index in [1.165, 1.54) is 4.90 Å². The van der Waals surface area contributed by atoms with Gasteiger partial charge in [0.15, 0.2) is 6.61 Å². The molecule has 0 aromatic heterocycles. The summed E-state index contributed by atoms with van der Waals surface area (Å²) in [5.74, 6) is -0.0370. The maximum atomic E-state index is 12.0. The summed E-state index contributed by atoms with van der Waals surface area (Å²) in [5, 5.41) is 5.23. The van der Waals surface area contributed by atoms with Crippen LogP contribution in [0.15, 0.2) is 24.3 Å². The van der Waals surface area contributed by atoms with Gasteiger partial charge in [-0.1, -0.05) is 19.1 Å². The Hall–Kier alpha value is -2.57. The lowest BCUT2D eigenvalue weighted by Crippen LogP contribution is -2.42. The topological polar surface area (TPSA) is 87.7 Å². The number of carbonyl (C=O) groups is 3. The molecule has 1 aromatic rings. The number of fused-ring (bicyclic) bond motifs is 1. The fourth-order valence-corrected chi connectivity index (χ4v) is 2.21. The number of amides is 3. The average Bonchev–Trinajstić information content (AvgIpc) is 2.57. The molecular formula is C16H21N3O4. The summed E-state index contributed by atoms with van der Waals surface area (Å²) in [5.41, 5.74) is 0.664. The highest BCUT2D eigenvalue weighted by Crippen LogP contribution is 2.31. The third-order valence-corrected chi connectivity index (χ3v) is 3.39. The van der Waals surface area contributed by atoms with Crippen LogP contribution in [0.3, 0.4) is 0 Å². The first-order chi connectivity index (χ1) is 11.1. The number of para-hydroxylation sites is 2. The van der Waals surface area contributed by atoms with Gasteiger partial charge in [-0.15, -0.1) is 0 Å². The largest absolute Gasteiger partial charge is 0.482 e. The Balaban J connectivity index is 1.82. The monoisotopic (exact) mass is 319 g/mol. The molecule has 3 amide bonds. The molecule has 23 heavy (non-hydrogen) atoms. The van der Waals surface area contributed by atoms with Crippen LogP contribution in [-0.4, -0.2) is 44.0 Å². The van der Waals surface area contributed by atoms with E-state index in [1.807, 2.05) is 19.1 Å². The highest BCUT2D eigenvalue weighted by Gasteiger charge is 2.25. The number of hydrogen-bond acceptors (Lipinski definition) is 4. The smallest absolute Gasteiger partial charge is 0.265 e. The number of benzene rings is 1. The van der Waals surface area contributed by atoms with E-state index in [1.54, 1.807) is 12.1 Å². The molecule has 0 unspecified atom stereocenters. The second kappa shape index (κ2) is 8.17. The van der Waals surface area contributed by atoms with Crippen LogP contribution in [0, 0.1) is 0 Å². The van der Waals surface area contributed by atoms with E-state index in [4.69, 9.17) is 4.74 Å². The van der Waals surface area contributed by atoms with Gasteiger partial charge in [0.25, 0.3) is 5.91 Å². The van der Waals surface area contributed by atoms with Crippen LogP contribution in [-0.2, 0) is 14.4 Å². The summed E-state index contributed by atoms with van der Waals surface area (Å²) in [6.45, 7) is 2.72. The van der Waals surface area contributed by atoms with Crippen LogP contribution in [0.5, 0.6) is 5.75 Å². The molecule has 0 aliphatic carbocycles. The molecule has 0 radical (unpaired) electrons. The van der Waals surface area contributed by atoms with Crippen LogP contribution in [0.2, 0.25) is 0 Å². The lowest BCUT2D eigenvalue weighted by Gasteiger charge is -2.29. The first kappa shape index (κ1) is 16.8. The van der Waals surface area contributed by atoms with Crippen LogP contribution in [0.4, 0.5) is 5.69 Å². The minimum Gasteiger partial charge on any atom is -0.482 e. The first-order valence-electron chi connectivity index (χ1n) is 7.67. The number of anilines is 1. The number of rotatable bonds is 7. The van der Waals surface area contributed by atoms with Crippen molar-refractivity contribution in [3.63, 3.8) is 0 Å².